The van der Waals surface area contributed by atoms with Crippen molar-refractivity contribution >= 4 is 34.7 Å². The van der Waals surface area contributed by atoms with Gasteiger partial charge in [0.1, 0.15) is 11.8 Å². The normalized spacial score (nSPS) is 16.2. The Bertz CT molecular complexity index is 1210. The van der Waals surface area contributed by atoms with Crippen molar-refractivity contribution < 1.29 is 28.6 Å². The highest BCUT2D eigenvalue weighted by atomic mass is 32.1. The van der Waals surface area contributed by atoms with Crippen LogP contribution in [0.5, 0.6) is 0 Å². The summed E-state index contributed by atoms with van der Waals surface area (Å²) >= 11 is 1.20. The highest BCUT2D eigenvalue weighted by Gasteiger charge is 2.46. The third-order valence-electron chi connectivity index (χ3n) is 4.94. The van der Waals surface area contributed by atoms with E-state index in [1.165, 1.54) is 41.7 Å². The van der Waals surface area contributed by atoms with E-state index in [4.69, 9.17) is 9.15 Å². The van der Waals surface area contributed by atoms with Crippen LogP contribution in [0, 0.1) is 13.8 Å². The van der Waals surface area contributed by atoms with Crippen molar-refractivity contribution in [3.05, 3.63) is 80.9 Å². The number of furan rings is 1. The zero-order valence-electron chi connectivity index (χ0n) is 16.9. The Labute approximate surface area is 181 Å². The number of carbonyl (C=O) groups excluding carboxylic acids is 3. The van der Waals surface area contributed by atoms with Crippen molar-refractivity contribution in [1.82, 2.24) is 4.98 Å². The van der Waals surface area contributed by atoms with Gasteiger partial charge in [0.2, 0.25) is 5.78 Å². The molecule has 1 aliphatic rings. The molecule has 1 amide bonds. The number of aryl methyl sites for hydroxylation is 2. The molecular formula is C22H18N2O6S. The molecule has 0 fully saturated rings. The zero-order valence-corrected chi connectivity index (χ0v) is 17.7. The van der Waals surface area contributed by atoms with Crippen LogP contribution < -0.4 is 4.90 Å². The van der Waals surface area contributed by atoms with E-state index >= 15 is 0 Å². The first-order chi connectivity index (χ1) is 14.8. The molecule has 8 nitrogen and oxygen atoms in total. The zero-order chi connectivity index (χ0) is 22.3. The fourth-order valence-corrected chi connectivity index (χ4v) is 4.43. The molecule has 1 atom stereocenters. The molecule has 1 aromatic carbocycles. The topological polar surface area (TPSA) is 110 Å². The van der Waals surface area contributed by atoms with E-state index < -0.39 is 29.5 Å². The first-order valence-corrected chi connectivity index (χ1v) is 10.1. The summed E-state index contributed by atoms with van der Waals surface area (Å²) in [6.07, 6.45) is 1.43. The van der Waals surface area contributed by atoms with Crippen LogP contribution in [0.25, 0.3) is 0 Å². The first-order valence-electron chi connectivity index (χ1n) is 9.30. The molecule has 0 radical (unpaired) electrons. The van der Waals surface area contributed by atoms with Crippen molar-refractivity contribution in [2.24, 2.45) is 0 Å². The summed E-state index contributed by atoms with van der Waals surface area (Å²) in [5.41, 5.74) is 1.13. The van der Waals surface area contributed by atoms with Crippen LogP contribution in [0.2, 0.25) is 0 Å². The molecule has 2 aromatic heterocycles. The number of aliphatic hydroxyl groups excluding tert-OH is 1. The highest BCUT2D eigenvalue weighted by molar-refractivity contribution is 7.14. The van der Waals surface area contributed by atoms with Gasteiger partial charge >= 0.3 is 5.97 Å². The average molecular weight is 438 g/mol. The van der Waals surface area contributed by atoms with E-state index in [9.17, 15) is 19.5 Å². The number of benzene rings is 1. The number of nitrogens with zero attached hydrogens (tertiary/aromatic N) is 2. The van der Waals surface area contributed by atoms with Gasteiger partial charge in [-0.2, -0.15) is 0 Å². The van der Waals surface area contributed by atoms with Crippen LogP contribution in [-0.2, 0) is 9.53 Å². The standard InChI is InChI=1S/C22H18N2O6S/c1-11-20(31-12(2)23-11)18(25)16-17(15-5-4-10-30-15)24(21(27)19(16)26)14-8-6-13(7-9-14)22(28)29-3/h4-10,17,26H,1-3H3. The molecule has 31 heavy (non-hydrogen) atoms. The van der Waals surface area contributed by atoms with Crippen molar-refractivity contribution in [2.45, 2.75) is 19.9 Å². The molecule has 158 valence electrons. The third kappa shape index (κ3) is 3.42. The largest absolute Gasteiger partial charge is 0.503 e. The molecule has 0 spiro atoms. The third-order valence-corrected chi connectivity index (χ3v) is 6.01. The summed E-state index contributed by atoms with van der Waals surface area (Å²) < 4.78 is 10.2. The summed E-state index contributed by atoms with van der Waals surface area (Å²) in [6, 6.07) is 8.39. The van der Waals surface area contributed by atoms with Crippen LogP contribution in [-0.4, -0.2) is 34.9 Å². The Kier molecular flexibility index (Phi) is 5.20. The van der Waals surface area contributed by atoms with E-state index in [2.05, 4.69) is 4.98 Å². The van der Waals surface area contributed by atoms with Gasteiger partial charge in [-0.05, 0) is 50.2 Å². The number of aromatic nitrogens is 1. The van der Waals surface area contributed by atoms with Crippen molar-refractivity contribution in [2.75, 3.05) is 12.0 Å². The van der Waals surface area contributed by atoms with Gasteiger partial charge in [-0.25, -0.2) is 9.78 Å². The Morgan fingerprint density at radius 1 is 1.19 bits per heavy atom. The quantitative estimate of drug-likeness (QED) is 0.475. The van der Waals surface area contributed by atoms with Crippen LogP contribution in [0.3, 0.4) is 0 Å². The number of hydrogen-bond acceptors (Lipinski definition) is 8. The summed E-state index contributed by atoms with van der Waals surface area (Å²) in [5, 5.41) is 11.4. The predicted octanol–water partition coefficient (Wildman–Crippen LogP) is 3.92. The molecule has 0 saturated heterocycles. The monoisotopic (exact) mass is 438 g/mol. The lowest BCUT2D eigenvalue weighted by Gasteiger charge is -2.25. The molecule has 1 N–H and O–H groups in total. The van der Waals surface area contributed by atoms with E-state index in [1.54, 1.807) is 38.1 Å². The number of esters is 1. The number of rotatable bonds is 5. The molecule has 3 aromatic rings. The molecule has 3 heterocycles. The molecule has 0 aliphatic carbocycles. The van der Waals surface area contributed by atoms with Crippen LogP contribution in [0.4, 0.5) is 5.69 Å². The fourth-order valence-electron chi connectivity index (χ4n) is 3.56. The minimum Gasteiger partial charge on any atom is -0.503 e. The van der Waals surface area contributed by atoms with Gasteiger partial charge in [-0.15, -0.1) is 11.3 Å². The first kappa shape index (κ1) is 20.5. The van der Waals surface area contributed by atoms with E-state index in [-0.39, 0.29) is 5.57 Å². The van der Waals surface area contributed by atoms with E-state index in [1.807, 2.05) is 0 Å². The SMILES string of the molecule is COC(=O)c1ccc(N2C(=O)C(O)=C(C(=O)c3sc(C)nc3C)C2c2ccco2)cc1. The molecular weight excluding hydrogens is 420 g/mol. The highest BCUT2D eigenvalue weighted by Crippen LogP contribution is 2.42. The van der Waals surface area contributed by atoms with Gasteiger partial charge in [0.15, 0.2) is 5.76 Å². The second kappa shape index (κ2) is 7.84. The Morgan fingerprint density at radius 3 is 2.45 bits per heavy atom. The molecule has 9 heteroatoms. The van der Waals surface area contributed by atoms with E-state index in [0.29, 0.717) is 32.6 Å². The number of ketones is 1. The minimum atomic E-state index is -0.971. The molecule has 1 unspecified atom stereocenters. The minimum absolute atomic E-state index is 0.0799. The number of Topliss-reactive ketones (excluding diaryl/α,β-unsaturated/α-hetero) is 1. The fraction of sp³-hybridized carbons (Fsp3) is 0.182. The van der Waals surface area contributed by atoms with Crippen LogP contribution in [0.1, 0.15) is 42.5 Å². The lowest BCUT2D eigenvalue weighted by molar-refractivity contribution is -0.117. The summed E-state index contributed by atoms with van der Waals surface area (Å²) in [5.74, 6) is -2.07. The number of thiazole rings is 1. The van der Waals surface area contributed by atoms with Crippen molar-refractivity contribution in [3.8, 4) is 0 Å². The Balaban J connectivity index is 1.81. The van der Waals surface area contributed by atoms with Crippen molar-refractivity contribution in [3.63, 3.8) is 0 Å². The van der Waals surface area contributed by atoms with E-state index in [0.717, 1.165) is 0 Å². The maximum Gasteiger partial charge on any atom is 0.337 e. The number of hydrogen-bond donors (Lipinski definition) is 1. The number of carbonyl (C=O) groups is 3. The summed E-state index contributed by atoms with van der Waals surface area (Å²) in [7, 11) is 1.27. The molecule has 1 aliphatic heterocycles. The summed E-state index contributed by atoms with van der Waals surface area (Å²) in [6.45, 7) is 3.48. The maximum absolute atomic E-state index is 13.4. The smallest absolute Gasteiger partial charge is 0.337 e. The average Bonchev–Trinajstić information content (AvgIpc) is 3.46. The number of amides is 1. The number of aliphatic hydroxyl groups is 1. The predicted molar refractivity (Wildman–Crippen MR) is 112 cm³/mol. The van der Waals surface area contributed by atoms with Crippen molar-refractivity contribution in [1.29, 1.82) is 0 Å². The molecule has 0 saturated carbocycles. The van der Waals surface area contributed by atoms with Gasteiger partial charge in [0.25, 0.3) is 5.91 Å². The van der Waals surface area contributed by atoms with Crippen LogP contribution >= 0.6 is 11.3 Å². The van der Waals surface area contributed by atoms with Gasteiger partial charge in [0.05, 0.1) is 40.1 Å². The summed E-state index contributed by atoms with van der Waals surface area (Å²) in [4.78, 5) is 44.0. The lowest BCUT2D eigenvalue weighted by atomic mass is 9.99. The Morgan fingerprint density at radius 2 is 1.90 bits per heavy atom. The molecule has 0 bridgehead atoms. The van der Waals surface area contributed by atoms with Gasteiger partial charge in [-0.3, -0.25) is 14.5 Å². The number of ether oxygens (including phenoxy) is 1. The van der Waals surface area contributed by atoms with Gasteiger partial charge in [-0.1, -0.05) is 0 Å². The second-order valence-electron chi connectivity index (χ2n) is 6.87. The van der Waals surface area contributed by atoms with Crippen LogP contribution in [0.15, 0.2) is 58.4 Å². The number of anilines is 1. The van der Waals surface area contributed by atoms with Gasteiger partial charge in [0, 0.05) is 5.69 Å². The second-order valence-corrected chi connectivity index (χ2v) is 8.07. The van der Waals surface area contributed by atoms with Gasteiger partial charge < -0.3 is 14.3 Å². The Hall–Kier alpha value is -3.72. The maximum atomic E-state index is 13.4. The lowest BCUT2D eigenvalue weighted by Crippen LogP contribution is -2.30. The number of methoxy groups -OCH3 is 1. The molecule has 4 rings (SSSR count).